The minimum atomic E-state index is -3.27. The zero-order valence-corrected chi connectivity index (χ0v) is 23.5. The number of fused-ring (bicyclic) bond motifs is 1. The third-order valence-corrected chi connectivity index (χ3v) is 9.65. The molecule has 204 valence electrons. The number of anilines is 1. The monoisotopic (exact) mass is 545 g/mol. The fourth-order valence-corrected chi connectivity index (χ4v) is 6.36. The number of piperidine rings is 1. The van der Waals surface area contributed by atoms with Crippen LogP contribution in [0.3, 0.4) is 0 Å². The number of hydrogen-bond acceptors (Lipinski definition) is 8. The van der Waals surface area contributed by atoms with E-state index in [1.54, 1.807) is 19.3 Å². The summed E-state index contributed by atoms with van der Waals surface area (Å²) in [5.74, 6) is 1.64. The number of aryl methyl sites for hydroxylation is 1. The standard InChI is InChI=1S/C30H35N5O3S/c1-4-21(3)39(36,37)19-22-8-5-10-25-24(22)13-12-20(2)28(25)38-29-26(11-7-16-32-29)27-14-17-33-30(35-27)34-23-9-6-15-31-18-23/h5,7-8,10-14,16-17,21,23,31H,4,6,9,15,18-19H2,1-3H3,(H,33,34,35)/t21?,23-/m0/s1. The van der Waals surface area contributed by atoms with Gasteiger partial charge >= 0.3 is 0 Å². The van der Waals surface area contributed by atoms with E-state index in [9.17, 15) is 8.42 Å². The van der Waals surface area contributed by atoms with Gasteiger partial charge < -0.3 is 15.4 Å². The highest BCUT2D eigenvalue weighted by molar-refractivity contribution is 7.91. The quantitative estimate of drug-likeness (QED) is 0.277. The first-order valence-electron chi connectivity index (χ1n) is 13.5. The number of nitrogens with zero attached hydrogens (tertiary/aromatic N) is 3. The smallest absolute Gasteiger partial charge is 0.228 e. The van der Waals surface area contributed by atoms with Crippen LogP contribution in [0.5, 0.6) is 11.6 Å². The molecule has 0 saturated carbocycles. The number of pyridine rings is 1. The number of ether oxygens (including phenoxy) is 1. The van der Waals surface area contributed by atoms with Crippen LogP contribution in [0.25, 0.3) is 22.0 Å². The van der Waals surface area contributed by atoms with Gasteiger partial charge in [0.15, 0.2) is 9.84 Å². The Bertz CT molecular complexity index is 1570. The van der Waals surface area contributed by atoms with Gasteiger partial charge in [-0.2, -0.15) is 0 Å². The molecule has 0 amide bonds. The van der Waals surface area contributed by atoms with Crippen molar-refractivity contribution < 1.29 is 13.2 Å². The molecule has 2 N–H and O–H groups in total. The lowest BCUT2D eigenvalue weighted by molar-refractivity contribution is 0.466. The van der Waals surface area contributed by atoms with Crippen LogP contribution in [-0.2, 0) is 15.6 Å². The van der Waals surface area contributed by atoms with E-state index in [0.717, 1.165) is 53.4 Å². The van der Waals surface area contributed by atoms with Gasteiger partial charge in [0.1, 0.15) is 5.75 Å². The third kappa shape index (κ3) is 6.04. The van der Waals surface area contributed by atoms with Crippen LogP contribution < -0.4 is 15.4 Å². The second-order valence-electron chi connectivity index (χ2n) is 10.2. The molecule has 3 heterocycles. The zero-order valence-electron chi connectivity index (χ0n) is 22.6. The van der Waals surface area contributed by atoms with Crippen LogP contribution in [0, 0.1) is 6.92 Å². The topological polar surface area (TPSA) is 106 Å². The highest BCUT2D eigenvalue weighted by Crippen LogP contribution is 2.38. The van der Waals surface area contributed by atoms with Crippen LogP contribution in [0.4, 0.5) is 5.95 Å². The van der Waals surface area contributed by atoms with Crippen molar-refractivity contribution in [3.8, 4) is 22.9 Å². The van der Waals surface area contributed by atoms with Gasteiger partial charge in [-0.25, -0.2) is 23.4 Å². The van der Waals surface area contributed by atoms with Crippen LogP contribution in [-0.4, -0.2) is 47.8 Å². The minimum Gasteiger partial charge on any atom is -0.437 e. The molecule has 4 aromatic rings. The largest absolute Gasteiger partial charge is 0.437 e. The van der Waals surface area contributed by atoms with Crippen molar-refractivity contribution in [1.29, 1.82) is 0 Å². The van der Waals surface area contributed by atoms with Crippen LogP contribution in [0.1, 0.15) is 44.2 Å². The Hall–Kier alpha value is -3.56. The lowest BCUT2D eigenvalue weighted by atomic mass is 10.0. The van der Waals surface area contributed by atoms with Crippen LogP contribution in [0.15, 0.2) is 60.9 Å². The number of sulfone groups is 1. The molecular weight excluding hydrogens is 510 g/mol. The Morgan fingerprint density at radius 3 is 2.74 bits per heavy atom. The van der Waals surface area contributed by atoms with Crippen molar-refractivity contribution in [2.75, 3.05) is 18.4 Å². The van der Waals surface area contributed by atoms with Gasteiger partial charge in [-0.15, -0.1) is 0 Å². The SMILES string of the molecule is CCC(C)S(=O)(=O)Cc1cccc2c(Oc3ncccc3-c3ccnc(N[C@H]4CCCNC4)n3)c(C)ccc12. The molecular formula is C30H35N5O3S. The second kappa shape index (κ2) is 11.7. The van der Waals surface area contributed by atoms with Gasteiger partial charge in [0.2, 0.25) is 11.8 Å². The molecule has 0 aliphatic carbocycles. The average molecular weight is 546 g/mol. The number of benzene rings is 2. The average Bonchev–Trinajstić information content (AvgIpc) is 2.95. The van der Waals surface area contributed by atoms with E-state index in [-0.39, 0.29) is 11.8 Å². The fourth-order valence-electron chi connectivity index (χ4n) is 4.88. The lowest BCUT2D eigenvalue weighted by Gasteiger charge is -2.23. The summed E-state index contributed by atoms with van der Waals surface area (Å²) in [6.45, 7) is 7.57. The summed E-state index contributed by atoms with van der Waals surface area (Å²) in [7, 11) is -3.27. The summed E-state index contributed by atoms with van der Waals surface area (Å²) < 4.78 is 32.3. The first-order valence-corrected chi connectivity index (χ1v) is 15.2. The molecule has 0 radical (unpaired) electrons. The molecule has 2 atom stereocenters. The van der Waals surface area contributed by atoms with Gasteiger partial charge in [0.05, 0.1) is 22.3 Å². The number of rotatable bonds is 9. The molecule has 1 aliphatic heterocycles. The zero-order chi connectivity index (χ0) is 27.4. The molecule has 5 rings (SSSR count). The Morgan fingerprint density at radius 1 is 1.08 bits per heavy atom. The molecule has 0 spiro atoms. The first kappa shape index (κ1) is 27.0. The molecule has 39 heavy (non-hydrogen) atoms. The van der Waals surface area contributed by atoms with Crippen LogP contribution in [0.2, 0.25) is 0 Å². The highest BCUT2D eigenvalue weighted by Gasteiger charge is 2.22. The maximum atomic E-state index is 12.9. The molecule has 1 fully saturated rings. The number of nitrogens with one attached hydrogen (secondary N) is 2. The van der Waals surface area contributed by atoms with E-state index in [1.165, 1.54) is 0 Å². The van der Waals surface area contributed by atoms with Crippen molar-refractivity contribution in [3.05, 3.63) is 72.1 Å². The number of aromatic nitrogens is 3. The van der Waals surface area contributed by atoms with Gasteiger partial charge in [0, 0.05) is 30.4 Å². The Labute approximate surface area is 230 Å². The van der Waals surface area contributed by atoms with E-state index in [4.69, 9.17) is 9.72 Å². The van der Waals surface area contributed by atoms with Crippen LogP contribution >= 0.6 is 0 Å². The lowest BCUT2D eigenvalue weighted by Crippen LogP contribution is -2.38. The van der Waals surface area contributed by atoms with E-state index < -0.39 is 15.1 Å². The predicted octanol–water partition coefficient (Wildman–Crippen LogP) is 5.67. The molecule has 9 heteroatoms. The molecule has 2 aromatic carbocycles. The van der Waals surface area contributed by atoms with Crippen molar-refractivity contribution in [3.63, 3.8) is 0 Å². The van der Waals surface area contributed by atoms with Gasteiger partial charge in [0.25, 0.3) is 0 Å². The van der Waals surface area contributed by atoms with Crippen molar-refractivity contribution in [2.45, 2.75) is 57.1 Å². The van der Waals surface area contributed by atoms with Crippen molar-refractivity contribution in [1.82, 2.24) is 20.3 Å². The highest BCUT2D eigenvalue weighted by atomic mass is 32.2. The molecule has 2 aromatic heterocycles. The van der Waals surface area contributed by atoms with Gasteiger partial charge in [-0.3, -0.25) is 0 Å². The van der Waals surface area contributed by atoms with Crippen molar-refractivity contribution in [2.24, 2.45) is 0 Å². The molecule has 1 saturated heterocycles. The summed E-state index contributed by atoms with van der Waals surface area (Å²) in [6, 6.07) is 15.6. The molecule has 1 aliphatic rings. The van der Waals surface area contributed by atoms with E-state index in [1.807, 2.05) is 62.4 Å². The maximum absolute atomic E-state index is 12.9. The molecule has 8 nitrogen and oxygen atoms in total. The summed E-state index contributed by atoms with van der Waals surface area (Å²) in [6.07, 6.45) is 6.21. The van der Waals surface area contributed by atoms with Crippen molar-refractivity contribution >= 4 is 26.6 Å². The molecule has 1 unspecified atom stereocenters. The summed E-state index contributed by atoms with van der Waals surface area (Å²) in [5, 5.41) is 8.14. The maximum Gasteiger partial charge on any atom is 0.228 e. The fraction of sp³-hybridized carbons (Fsp3) is 0.367. The second-order valence-corrected chi connectivity index (χ2v) is 12.6. The first-order chi connectivity index (χ1) is 18.9. The molecule has 0 bridgehead atoms. The Balaban J connectivity index is 1.49. The van der Waals surface area contributed by atoms with E-state index in [0.29, 0.717) is 29.7 Å². The third-order valence-electron chi connectivity index (χ3n) is 7.38. The Morgan fingerprint density at radius 2 is 1.95 bits per heavy atom. The Kier molecular flexibility index (Phi) is 8.09. The van der Waals surface area contributed by atoms with E-state index >= 15 is 0 Å². The minimum absolute atomic E-state index is 0.0100. The normalized spacial score (nSPS) is 16.6. The summed E-state index contributed by atoms with van der Waals surface area (Å²) in [4.78, 5) is 13.7. The number of hydrogen-bond donors (Lipinski definition) is 2. The van der Waals surface area contributed by atoms with E-state index in [2.05, 4.69) is 20.6 Å². The van der Waals surface area contributed by atoms with Gasteiger partial charge in [-0.05, 0) is 74.4 Å². The predicted molar refractivity (Wildman–Crippen MR) is 156 cm³/mol. The summed E-state index contributed by atoms with van der Waals surface area (Å²) >= 11 is 0. The van der Waals surface area contributed by atoms with Gasteiger partial charge in [-0.1, -0.05) is 37.3 Å². The summed E-state index contributed by atoms with van der Waals surface area (Å²) in [5.41, 5.74) is 3.15.